The Labute approximate surface area is 117 Å². The molecule has 0 unspecified atom stereocenters. The van der Waals surface area contributed by atoms with Gasteiger partial charge in [-0.3, -0.25) is 0 Å². The molecule has 0 aliphatic carbocycles. The van der Waals surface area contributed by atoms with E-state index in [1.807, 2.05) is 0 Å². The van der Waals surface area contributed by atoms with Crippen molar-refractivity contribution in [2.45, 2.75) is 13.8 Å². The van der Waals surface area contributed by atoms with E-state index in [9.17, 15) is 9.59 Å². The molecule has 1 aromatic rings. The van der Waals surface area contributed by atoms with E-state index >= 15 is 0 Å². The average molecular weight is 279 g/mol. The smallest absolute Gasteiger partial charge is 0.332 e. The fourth-order valence-electron chi connectivity index (χ4n) is 1.31. The van der Waals surface area contributed by atoms with Gasteiger partial charge in [-0.2, -0.15) is 0 Å². The second-order valence-corrected chi connectivity index (χ2v) is 3.90. The van der Waals surface area contributed by atoms with Gasteiger partial charge in [-0.25, -0.2) is 9.59 Å². The number of aromatic hydroxyl groups is 1. The molecule has 0 heterocycles. The number of nitrogens with one attached hydrogen (secondary N) is 1. The third-order valence-electron chi connectivity index (χ3n) is 2.20. The van der Waals surface area contributed by atoms with Crippen molar-refractivity contribution >= 4 is 11.9 Å². The molecule has 0 radical (unpaired) electrons. The minimum absolute atomic E-state index is 0.0807. The molecule has 0 atom stereocenters. The summed E-state index contributed by atoms with van der Waals surface area (Å²) in [6.45, 7) is 3.57. The first kappa shape index (κ1) is 15.6. The molecule has 1 aromatic carbocycles. The summed E-state index contributed by atoms with van der Waals surface area (Å²) in [7, 11) is 0. The van der Waals surface area contributed by atoms with E-state index in [1.165, 1.54) is 30.3 Å². The van der Waals surface area contributed by atoms with Gasteiger partial charge < -0.3 is 19.9 Å². The fourth-order valence-corrected chi connectivity index (χ4v) is 1.31. The Morgan fingerprint density at radius 1 is 1.30 bits per heavy atom. The first-order valence-electron chi connectivity index (χ1n) is 6.10. The van der Waals surface area contributed by atoms with Gasteiger partial charge in [-0.05, 0) is 38.1 Å². The summed E-state index contributed by atoms with van der Waals surface area (Å²) < 4.78 is 9.75. The second kappa shape index (κ2) is 7.83. The lowest BCUT2D eigenvalue weighted by atomic mass is 10.3. The molecule has 0 saturated heterocycles. The van der Waals surface area contributed by atoms with Crippen LogP contribution >= 0.6 is 0 Å². The summed E-state index contributed by atoms with van der Waals surface area (Å²) in [5, 5.41) is 11.8. The molecule has 20 heavy (non-hydrogen) atoms. The summed E-state index contributed by atoms with van der Waals surface area (Å²) in [5.41, 5.74) is 0.506. The maximum atomic E-state index is 11.5. The number of carbonyl (C=O) groups is 2. The molecular weight excluding hydrogens is 262 g/mol. The second-order valence-electron chi connectivity index (χ2n) is 3.90. The quantitative estimate of drug-likeness (QED) is 0.464. The van der Waals surface area contributed by atoms with Crippen molar-refractivity contribution in [3.05, 3.63) is 36.0 Å². The summed E-state index contributed by atoms with van der Waals surface area (Å²) in [5.74, 6) is -0.547. The number of esters is 2. The van der Waals surface area contributed by atoms with E-state index in [-0.39, 0.29) is 12.3 Å². The summed E-state index contributed by atoms with van der Waals surface area (Å²) in [4.78, 5) is 22.7. The number of allylic oxidation sites excluding steroid dienone is 1. The normalized spacial score (nSPS) is 10.8. The van der Waals surface area contributed by atoms with E-state index in [0.717, 1.165) is 0 Å². The summed E-state index contributed by atoms with van der Waals surface area (Å²) in [6.07, 6.45) is 1.26. The van der Waals surface area contributed by atoms with Crippen LogP contribution in [0, 0.1) is 0 Å². The Morgan fingerprint density at radius 2 is 1.95 bits per heavy atom. The van der Waals surface area contributed by atoms with Crippen molar-refractivity contribution in [2.24, 2.45) is 0 Å². The van der Waals surface area contributed by atoms with Crippen LogP contribution in [0.4, 0.5) is 0 Å². The van der Waals surface area contributed by atoms with Crippen LogP contribution in [-0.4, -0.2) is 30.2 Å². The van der Waals surface area contributed by atoms with Gasteiger partial charge in [0, 0.05) is 11.8 Å². The van der Waals surface area contributed by atoms with E-state index in [4.69, 9.17) is 14.6 Å². The molecular formula is C14H17NO5. The zero-order valence-corrected chi connectivity index (χ0v) is 11.4. The molecule has 0 amide bonds. The number of carbonyl (C=O) groups excluding carboxylic acids is 2. The molecule has 0 fully saturated rings. The highest BCUT2D eigenvalue weighted by Gasteiger charge is 2.05. The molecule has 108 valence electrons. The number of benzene rings is 1. The Hall–Kier alpha value is -2.50. The molecule has 1 rings (SSSR count). The van der Waals surface area contributed by atoms with Crippen molar-refractivity contribution in [1.82, 2.24) is 5.32 Å². The fraction of sp³-hybridized carbons (Fsp3) is 0.286. The van der Waals surface area contributed by atoms with Gasteiger partial charge in [-0.15, -0.1) is 0 Å². The van der Waals surface area contributed by atoms with Crippen LogP contribution < -0.4 is 10.1 Å². The van der Waals surface area contributed by atoms with Gasteiger partial charge in [-0.1, -0.05) is 0 Å². The van der Waals surface area contributed by atoms with Gasteiger partial charge in [0.25, 0.3) is 0 Å². The lowest BCUT2D eigenvalue weighted by molar-refractivity contribution is -0.137. The van der Waals surface area contributed by atoms with E-state index < -0.39 is 11.9 Å². The molecule has 6 nitrogen and oxygen atoms in total. The number of hydrogen-bond acceptors (Lipinski definition) is 6. The first-order valence-corrected chi connectivity index (χ1v) is 6.10. The number of phenols is 1. The molecule has 0 saturated carbocycles. The maximum Gasteiger partial charge on any atom is 0.332 e. The number of rotatable bonds is 6. The SMILES string of the molecule is CCOC(=O)C=C(C)NCC(=O)Oc1ccc(O)cc1. The predicted octanol–water partition coefficient (Wildman–Crippen LogP) is 1.35. The third-order valence-corrected chi connectivity index (χ3v) is 2.20. The van der Waals surface area contributed by atoms with E-state index in [1.54, 1.807) is 13.8 Å². The molecule has 0 aromatic heterocycles. The summed E-state index contributed by atoms with van der Waals surface area (Å²) in [6, 6.07) is 5.80. The Kier molecular flexibility index (Phi) is 6.09. The van der Waals surface area contributed by atoms with Crippen LogP contribution in [0.3, 0.4) is 0 Å². The zero-order valence-electron chi connectivity index (χ0n) is 11.4. The summed E-state index contributed by atoms with van der Waals surface area (Å²) >= 11 is 0. The molecule has 6 heteroatoms. The highest BCUT2D eigenvalue weighted by molar-refractivity contribution is 5.82. The van der Waals surface area contributed by atoms with Gasteiger partial charge in [0.05, 0.1) is 6.61 Å². The molecule has 2 N–H and O–H groups in total. The average Bonchev–Trinajstić information content (AvgIpc) is 2.39. The predicted molar refractivity (Wildman–Crippen MR) is 72.1 cm³/mol. The van der Waals surface area contributed by atoms with Crippen LogP contribution in [0.1, 0.15) is 13.8 Å². The first-order chi connectivity index (χ1) is 9.51. The van der Waals surface area contributed by atoms with Crippen molar-refractivity contribution < 1.29 is 24.2 Å². The third kappa shape index (κ3) is 5.90. The number of phenolic OH excluding ortho intramolecular Hbond substituents is 1. The maximum absolute atomic E-state index is 11.5. The van der Waals surface area contributed by atoms with E-state index in [0.29, 0.717) is 18.1 Å². The highest BCUT2D eigenvalue weighted by atomic mass is 16.5. The minimum atomic E-state index is -0.507. The lowest BCUT2D eigenvalue weighted by Gasteiger charge is -2.07. The van der Waals surface area contributed by atoms with Crippen LogP contribution in [-0.2, 0) is 14.3 Å². The van der Waals surface area contributed by atoms with Crippen molar-refractivity contribution in [2.75, 3.05) is 13.2 Å². The van der Waals surface area contributed by atoms with Crippen LogP contribution in [0.2, 0.25) is 0 Å². The Bertz CT molecular complexity index is 493. The molecule has 0 bridgehead atoms. The lowest BCUT2D eigenvalue weighted by Crippen LogP contribution is -2.25. The molecule has 0 aliphatic rings. The highest BCUT2D eigenvalue weighted by Crippen LogP contribution is 2.15. The van der Waals surface area contributed by atoms with Gasteiger partial charge in [0.2, 0.25) is 0 Å². The standard InChI is InChI=1S/C14H17NO5/c1-3-19-13(17)8-10(2)15-9-14(18)20-12-6-4-11(16)5-7-12/h4-8,15-16H,3,9H2,1-2H3. The Morgan fingerprint density at radius 3 is 2.55 bits per heavy atom. The van der Waals surface area contributed by atoms with Crippen LogP contribution in [0.5, 0.6) is 11.5 Å². The van der Waals surface area contributed by atoms with Crippen molar-refractivity contribution in [1.29, 1.82) is 0 Å². The van der Waals surface area contributed by atoms with Crippen LogP contribution in [0.25, 0.3) is 0 Å². The monoisotopic (exact) mass is 279 g/mol. The van der Waals surface area contributed by atoms with Crippen LogP contribution in [0.15, 0.2) is 36.0 Å². The largest absolute Gasteiger partial charge is 0.508 e. The molecule has 0 spiro atoms. The topological polar surface area (TPSA) is 84.9 Å². The Balaban J connectivity index is 2.39. The van der Waals surface area contributed by atoms with E-state index in [2.05, 4.69) is 5.32 Å². The number of ether oxygens (including phenoxy) is 2. The zero-order chi connectivity index (χ0) is 15.0. The van der Waals surface area contributed by atoms with Gasteiger partial charge in [0.15, 0.2) is 0 Å². The molecule has 0 aliphatic heterocycles. The van der Waals surface area contributed by atoms with Gasteiger partial charge in [0.1, 0.15) is 18.0 Å². The number of hydrogen-bond donors (Lipinski definition) is 2. The van der Waals surface area contributed by atoms with Crippen molar-refractivity contribution in [3.8, 4) is 11.5 Å². The van der Waals surface area contributed by atoms with Gasteiger partial charge >= 0.3 is 11.9 Å². The minimum Gasteiger partial charge on any atom is -0.508 e. The van der Waals surface area contributed by atoms with Crippen molar-refractivity contribution in [3.63, 3.8) is 0 Å².